The smallest absolute Gasteiger partial charge is 0.262 e. The van der Waals surface area contributed by atoms with Gasteiger partial charge in [-0.1, -0.05) is 0 Å². The molecule has 0 aromatic heterocycles. The Morgan fingerprint density at radius 2 is 2.00 bits per heavy atom. The molecule has 0 spiro atoms. The molecule has 1 aliphatic rings. The second kappa shape index (κ2) is 5.40. The molecule has 0 bridgehead atoms. The number of nitrogens with zero attached hydrogens (tertiary/aromatic N) is 1. The van der Waals surface area contributed by atoms with Gasteiger partial charge in [-0.05, 0) is 20.8 Å². The van der Waals surface area contributed by atoms with E-state index >= 15 is 0 Å². The predicted octanol–water partition coefficient (Wildman–Crippen LogP) is 0.357. The number of carbonyl (C=O) groups is 2. The van der Waals surface area contributed by atoms with Gasteiger partial charge < -0.3 is 10.2 Å². The zero-order valence-corrected chi connectivity index (χ0v) is 11.7. The first-order valence-corrected chi connectivity index (χ1v) is 6.17. The summed E-state index contributed by atoms with van der Waals surface area (Å²) in [6, 6.07) is -0.914. The number of nitrogens with one attached hydrogen (secondary N) is 2. The maximum atomic E-state index is 13.0. The van der Waals surface area contributed by atoms with Gasteiger partial charge in [0.15, 0.2) is 0 Å². The third-order valence-electron chi connectivity index (χ3n) is 2.68. The number of hydrogen-bond donors (Lipinski definition) is 2. The monoisotopic (exact) mass is 277 g/mol. The fourth-order valence-electron chi connectivity index (χ4n) is 1.91. The molecule has 19 heavy (non-hydrogen) atoms. The molecule has 7 heteroatoms. The van der Waals surface area contributed by atoms with Crippen molar-refractivity contribution in [1.29, 1.82) is 0 Å². The van der Waals surface area contributed by atoms with Crippen molar-refractivity contribution in [3.63, 3.8) is 0 Å². The van der Waals surface area contributed by atoms with Gasteiger partial charge in [0.1, 0.15) is 0 Å². The Kier molecular flexibility index (Phi) is 4.50. The molecular formula is C12H21F2N3O2. The van der Waals surface area contributed by atoms with Crippen molar-refractivity contribution in [3.8, 4) is 0 Å². The molecule has 0 aliphatic carbocycles. The number of alkyl halides is 2. The molecule has 110 valence electrons. The highest BCUT2D eigenvalue weighted by Gasteiger charge is 2.43. The summed E-state index contributed by atoms with van der Waals surface area (Å²) in [4.78, 5) is 24.7. The molecule has 5 nitrogen and oxygen atoms in total. The fraction of sp³-hybridized carbons (Fsp3) is 0.833. The third kappa shape index (κ3) is 5.10. The van der Waals surface area contributed by atoms with Crippen LogP contribution in [-0.4, -0.2) is 54.4 Å². The lowest BCUT2D eigenvalue weighted by molar-refractivity contribution is -0.137. The van der Waals surface area contributed by atoms with Gasteiger partial charge >= 0.3 is 0 Å². The summed E-state index contributed by atoms with van der Waals surface area (Å²) < 4.78 is 26.0. The van der Waals surface area contributed by atoms with Gasteiger partial charge in [-0.3, -0.25) is 14.9 Å². The molecule has 0 aromatic carbocycles. The Hall–Kier alpha value is -1.24. The molecule has 1 saturated heterocycles. The highest BCUT2D eigenvalue weighted by Crippen LogP contribution is 2.25. The van der Waals surface area contributed by atoms with Gasteiger partial charge in [0, 0.05) is 19.0 Å². The Morgan fingerprint density at radius 3 is 2.42 bits per heavy atom. The minimum atomic E-state index is -2.85. The molecule has 2 amide bonds. The second-order valence-corrected chi connectivity index (χ2v) is 5.99. The van der Waals surface area contributed by atoms with Gasteiger partial charge in [0.05, 0.1) is 19.1 Å². The van der Waals surface area contributed by atoms with Crippen LogP contribution in [0.4, 0.5) is 8.78 Å². The van der Waals surface area contributed by atoms with Crippen molar-refractivity contribution in [2.75, 3.05) is 20.1 Å². The van der Waals surface area contributed by atoms with Crippen LogP contribution in [0.1, 0.15) is 27.2 Å². The van der Waals surface area contributed by atoms with Crippen molar-refractivity contribution >= 4 is 11.8 Å². The number of hydrogen-bond acceptors (Lipinski definition) is 3. The SMILES string of the molecule is CN(CC(=O)NC(C)(C)C)C(=O)C1CC(F)(F)CN1. The van der Waals surface area contributed by atoms with E-state index in [1.807, 2.05) is 20.8 Å². The minimum absolute atomic E-state index is 0.139. The first-order chi connectivity index (χ1) is 8.50. The van der Waals surface area contributed by atoms with Crippen LogP contribution in [-0.2, 0) is 9.59 Å². The van der Waals surface area contributed by atoms with Crippen molar-refractivity contribution in [2.24, 2.45) is 0 Å². The van der Waals surface area contributed by atoms with Gasteiger partial charge in [-0.15, -0.1) is 0 Å². The molecule has 2 N–H and O–H groups in total. The molecule has 1 atom stereocenters. The van der Waals surface area contributed by atoms with Gasteiger partial charge in [-0.25, -0.2) is 8.78 Å². The Bertz CT molecular complexity index is 366. The first-order valence-electron chi connectivity index (χ1n) is 6.17. The first kappa shape index (κ1) is 15.8. The lowest BCUT2D eigenvalue weighted by Gasteiger charge is -2.24. The number of rotatable bonds is 3. The average Bonchev–Trinajstić information content (AvgIpc) is 2.54. The molecule has 0 aromatic rings. The van der Waals surface area contributed by atoms with E-state index in [0.29, 0.717) is 0 Å². The van der Waals surface area contributed by atoms with Crippen molar-refractivity contribution in [3.05, 3.63) is 0 Å². The van der Waals surface area contributed by atoms with E-state index in [9.17, 15) is 18.4 Å². The molecule has 0 saturated carbocycles. The summed E-state index contributed by atoms with van der Waals surface area (Å²) in [6.45, 7) is 4.84. The van der Waals surface area contributed by atoms with Crippen LogP contribution in [0.2, 0.25) is 0 Å². The molecule has 1 heterocycles. The Morgan fingerprint density at radius 1 is 1.42 bits per heavy atom. The maximum absolute atomic E-state index is 13.0. The van der Waals surface area contributed by atoms with Crippen LogP contribution in [0.15, 0.2) is 0 Å². The summed E-state index contributed by atoms with van der Waals surface area (Å²) >= 11 is 0. The lowest BCUT2D eigenvalue weighted by Crippen LogP contribution is -2.49. The number of amides is 2. The van der Waals surface area contributed by atoms with Crippen molar-refractivity contribution in [2.45, 2.75) is 44.7 Å². The third-order valence-corrected chi connectivity index (χ3v) is 2.68. The summed E-state index contributed by atoms with van der Waals surface area (Å²) in [5.41, 5.74) is -0.389. The molecule has 1 rings (SSSR count). The zero-order valence-electron chi connectivity index (χ0n) is 11.7. The zero-order chi connectivity index (χ0) is 14.8. The standard InChI is InChI=1S/C12H21F2N3O2/c1-11(2,3)16-9(18)6-17(4)10(19)8-5-12(13,14)7-15-8/h8,15H,5-7H2,1-4H3,(H,16,18). The van der Waals surface area contributed by atoms with E-state index in [0.717, 1.165) is 0 Å². The molecule has 1 aliphatic heterocycles. The molecular weight excluding hydrogens is 256 g/mol. The predicted molar refractivity (Wildman–Crippen MR) is 66.9 cm³/mol. The van der Waals surface area contributed by atoms with Crippen LogP contribution < -0.4 is 10.6 Å². The largest absolute Gasteiger partial charge is 0.350 e. The van der Waals surface area contributed by atoms with Crippen molar-refractivity contribution in [1.82, 2.24) is 15.5 Å². The average molecular weight is 277 g/mol. The lowest BCUT2D eigenvalue weighted by atomic mass is 10.1. The van der Waals surface area contributed by atoms with E-state index in [-0.39, 0.29) is 18.0 Å². The Balaban J connectivity index is 2.48. The van der Waals surface area contributed by atoms with E-state index in [1.54, 1.807) is 0 Å². The number of carbonyl (C=O) groups excluding carboxylic acids is 2. The van der Waals surface area contributed by atoms with Crippen LogP contribution in [0.3, 0.4) is 0 Å². The van der Waals surface area contributed by atoms with Crippen LogP contribution in [0.5, 0.6) is 0 Å². The van der Waals surface area contributed by atoms with Crippen molar-refractivity contribution < 1.29 is 18.4 Å². The Labute approximate surface area is 111 Å². The topological polar surface area (TPSA) is 61.4 Å². The normalized spacial score (nSPS) is 22.1. The number of halogens is 2. The summed E-state index contributed by atoms with van der Waals surface area (Å²) in [7, 11) is 1.43. The van der Waals surface area contributed by atoms with E-state index in [1.165, 1.54) is 11.9 Å². The quantitative estimate of drug-likeness (QED) is 0.783. The molecule has 1 fully saturated rings. The van der Waals surface area contributed by atoms with E-state index in [4.69, 9.17) is 0 Å². The maximum Gasteiger partial charge on any atom is 0.262 e. The van der Waals surface area contributed by atoms with Crippen LogP contribution >= 0.6 is 0 Å². The highest BCUT2D eigenvalue weighted by molar-refractivity contribution is 5.87. The van der Waals surface area contributed by atoms with Gasteiger partial charge in [0.25, 0.3) is 5.92 Å². The van der Waals surface area contributed by atoms with E-state index < -0.39 is 30.8 Å². The molecule has 1 unspecified atom stereocenters. The summed E-state index contributed by atoms with van der Waals surface area (Å²) in [6.07, 6.45) is -0.517. The number of likely N-dealkylation sites (N-methyl/N-ethyl adjacent to an activating group) is 1. The minimum Gasteiger partial charge on any atom is -0.350 e. The van der Waals surface area contributed by atoms with Gasteiger partial charge in [0.2, 0.25) is 11.8 Å². The van der Waals surface area contributed by atoms with Crippen LogP contribution in [0.25, 0.3) is 0 Å². The highest BCUT2D eigenvalue weighted by atomic mass is 19.3. The van der Waals surface area contributed by atoms with Crippen LogP contribution in [0, 0.1) is 0 Å². The fourth-order valence-corrected chi connectivity index (χ4v) is 1.91. The molecule has 0 radical (unpaired) electrons. The van der Waals surface area contributed by atoms with Gasteiger partial charge in [-0.2, -0.15) is 0 Å². The summed E-state index contributed by atoms with van der Waals surface area (Å²) in [5.74, 6) is -3.65. The summed E-state index contributed by atoms with van der Waals surface area (Å²) in [5, 5.41) is 5.19. The second-order valence-electron chi connectivity index (χ2n) is 5.99. The van der Waals surface area contributed by atoms with E-state index in [2.05, 4.69) is 10.6 Å².